The summed E-state index contributed by atoms with van der Waals surface area (Å²) in [6.07, 6.45) is 0.616. The van der Waals surface area contributed by atoms with Crippen molar-refractivity contribution >= 4 is 27.8 Å². The number of carbonyl (C=O) groups excluding carboxylic acids is 1. The van der Waals surface area contributed by atoms with Crippen molar-refractivity contribution in [1.82, 2.24) is 29.6 Å². The molecule has 3 heterocycles. The van der Waals surface area contributed by atoms with Gasteiger partial charge in [-0.15, -0.1) is 0 Å². The normalized spacial score (nSPS) is 13.0. The summed E-state index contributed by atoms with van der Waals surface area (Å²) < 4.78 is 42.4. The molecule has 0 aliphatic heterocycles. The molecule has 3 aromatic heterocycles. The number of imidazole rings is 1. The van der Waals surface area contributed by atoms with Crippen molar-refractivity contribution in [1.29, 1.82) is 0 Å². The van der Waals surface area contributed by atoms with Gasteiger partial charge in [-0.1, -0.05) is 0 Å². The Morgan fingerprint density at radius 3 is 2.55 bits per heavy atom. The number of alkyl halides is 3. The molecule has 1 atom stereocenters. The maximum atomic E-state index is 13.0. The van der Waals surface area contributed by atoms with Gasteiger partial charge in [-0.3, -0.25) is 14.0 Å². The van der Waals surface area contributed by atoms with Crippen LogP contribution >= 0.6 is 0 Å². The van der Waals surface area contributed by atoms with Gasteiger partial charge in [0.2, 0.25) is 0 Å². The summed E-state index contributed by atoms with van der Waals surface area (Å²) in [7, 11) is 1.77. The molecule has 2 aromatic carbocycles. The smallest absolute Gasteiger partial charge is 0.347 e. The van der Waals surface area contributed by atoms with Gasteiger partial charge in [-0.05, 0) is 49.4 Å². The minimum Gasteiger partial charge on any atom is -0.347 e. The summed E-state index contributed by atoms with van der Waals surface area (Å²) in [6, 6.07) is 9.93. The quantitative estimate of drug-likeness (QED) is 0.413. The Labute approximate surface area is 185 Å². The van der Waals surface area contributed by atoms with Gasteiger partial charge in [0.15, 0.2) is 5.65 Å². The van der Waals surface area contributed by atoms with Gasteiger partial charge in [0, 0.05) is 35.3 Å². The molecule has 5 rings (SSSR count). The molecule has 0 radical (unpaired) electrons. The fourth-order valence-corrected chi connectivity index (χ4v) is 3.96. The Balaban J connectivity index is 1.58. The van der Waals surface area contributed by atoms with Crippen LogP contribution in [0.25, 0.3) is 27.6 Å². The first-order valence-corrected chi connectivity index (χ1v) is 10.2. The molecular formula is C23H19F3N6O. The Kier molecular flexibility index (Phi) is 4.73. The van der Waals surface area contributed by atoms with Gasteiger partial charge in [0.25, 0.3) is 5.91 Å². The van der Waals surface area contributed by atoms with Crippen molar-refractivity contribution in [3.8, 4) is 5.69 Å². The van der Waals surface area contributed by atoms with E-state index in [0.717, 1.165) is 34.1 Å². The van der Waals surface area contributed by atoms with Crippen molar-refractivity contribution in [2.75, 3.05) is 0 Å². The molecule has 0 aliphatic rings. The SMILES string of the molecule is CC(NC(=O)c1ccc2c(c1)c1cn(C)nc1n2-c1ccc(C(F)(F)F)cc1)c1cnc[nH]1. The van der Waals surface area contributed by atoms with Crippen LogP contribution in [-0.2, 0) is 13.2 Å². The zero-order chi connectivity index (χ0) is 23.3. The first-order valence-electron chi connectivity index (χ1n) is 10.2. The van der Waals surface area contributed by atoms with Gasteiger partial charge < -0.3 is 10.3 Å². The summed E-state index contributed by atoms with van der Waals surface area (Å²) in [5.74, 6) is -0.252. The van der Waals surface area contributed by atoms with E-state index in [1.54, 1.807) is 47.0 Å². The average Bonchev–Trinajstić information content (AvgIpc) is 3.49. The van der Waals surface area contributed by atoms with E-state index in [1.807, 2.05) is 13.1 Å². The number of halogens is 3. The summed E-state index contributed by atoms with van der Waals surface area (Å²) >= 11 is 0. The molecule has 0 aliphatic carbocycles. The minimum atomic E-state index is -4.41. The zero-order valence-electron chi connectivity index (χ0n) is 17.7. The first-order chi connectivity index (χ1) is 15.7. The van der Waals surface area contributed by atoms with Crippen LogP contribution in [0.4, 0.5) is 13.2 Å². The van der Waals surface area contributed by atoms with E-state index in [2.05, 4.69) is 20.4 Å². The topological polar surface area (TPSA) is 80.5 Å². The predicted octanol–water partition coefficient (Wildman–Crippen LogP) is 4.75. The molecule has 168 valence electrons. The van der Waals surface area contributed by atoms with Gasteiger partial charge >= 0.3 is 6.18 Å². The highest BCUT2D eigenvalue weighted by molar-refractivity contribution is 6.10. The standard InChI is InChI=1S/C23H19F3N6O/c1-13(19-10-27-12-28-19)29-22(33)14-3-8-20-17(9-14)18-11-31(2)30-21(18)32(20)16-6-4-15(5-7-16)23(24,25)26/h3-13H,1-2H3,(H,27,28)(H,29,33). The Hall–Kier alpha value is -4.08. The fraction of sp³-hybridized carbons (Fsp3) is 0.174. The molecule has 1 unspecified atom stereocenters. The number of rotatable bonds is 4. The number of aromatic amines is 1. The van der Waals surface area contributed by atoms with Crippen molar-refractivity contribution in [2.24, 2.45) is 7.05 Å². The maximum absolute atomic E-state index is 13.0. The van der Waals surface area contributed by atoms with Crippen molar-refractivity contribution in [3.63, 3.8) is 0 Å². The third-order valence-corrected chi connectivity index (χ3v) is 5.60. The van der Waals surface area contributed by atoms with E-state index >= 15 is 0 Å². The largest absolute Gasteiger partial charge is 0.416 e. The van der Waals surface area contributed by atoms with Gasteiger partial charge in [-0.2, -0.15) is 18.3 Å². The highest BCUT2D eigenvalue weighted by atomic mass is 19.4. The van der Waals surface area contributed by atoms with Gasteiger partial charge in [0.05, 0.1) is 35.3 Å². The highest BCUT2D eigenvalue weighted by Crippen LogP contribution is 2.34. The van der Waals surface area contributed by atoms with Crippen LogP contribution in [0.5, 0.6) is 0 Å². The molecular weight excluding hydrogens is 433 g/mol. The highest BCUT2D eigenvalue weighted by Gasteiger charge is 2.30. The second-order valence-corrected chi connectivity index (χ2v) is 7.85. The number of benzene rings is 2. The van der Waals surface area contributed by atoms with Crippen LogP contribution in [-0.4, -0.2) is 30.2 Å². The lowest BCUT2D eigenvalue weighted by Gasteiger charge is -2.13. The Morgan fingerprint density at radius 2 is 1.88 bits per heavy atom. The first kappa shape index (κ1) is 20.8. The molecule has 10 heteroatoms. The van der Waals surface area contributed by atoms with Crippen molar-refractivity contribution in [2.45, 2.75) is 19.1 Å². The number of amides is 1. The van der Waals surface area contributed by atoms with E-state index in [-0.39, 0.29) is 11.9 Å². The summed E-state index contributed by atoms with van der Waals surface area (Å²) in [5, 5.41) is 9.00. The van der Waals surface area contributed by atoms with E-state index in [1.165, 1.54) is 12.1 Å². The monoisotopic (exact) mass is 452 g/mol. The fourth-order valence-electron chi connectivity index (χ4n) is 3.96. The molecule has 0 fully saturated rings. The summed E-state index contributed by atoms with van der Waals surface area (Å²) in [4.78, 5) is 19.8. The van der Waals surface area contributed by atoms with Gasteiger partial charge in [0.1, 0.15) is 0 Å². The van der Waals surface area contributed by atoms with Crippen molar-refractivity contribution in [3.05, 3.63) is 78.0 Å². The molecule has 0 spiro atoms. The lowest BCUT2D eigenvalue weighted by Crippen LogP contribution is -2.26. The molecule has 0 saturated heterocycles. The minimum absolute atomic E-state index is 0.252. The molecule has 5 aromatic rings. The zero-order valence-corrected chi connectivity index (χ0v) is 17.7. The number of nitrogens with one attached hydrogen (secondary N) is 2. The maximum Gasteiger partial charge on any atom is 0.416 e. The number of carbonyl (C=O) groups is 1. The van der Waals surface area contributed by atoms with Crippen LogP contribution in [0.1, 0.15) is 34.6 Å². The van der Waals surface area contributed by atoms with Crippen LogP contribution in [0.2, 0.25) is 0 Å². The van der Waals surface area contributed by atoms with Crippen LogP contribution in [0.15, 0.2) is 61.2 Å². The van der Waals surface area contributed by atoms with Crippen LogP contribution in [0.3, 0.4) is 0 Å². The molecule has 0 saturated carbocycles. The number of hydrogen-bond acceptors (Lipinski definition) is 3. The van der Waals surface area contributed by atoms with Crippen LogP contribution < -0.4 is 5.32 Å². The second kappa shape index (κ2) is 7.51. The lowest BCUT2D eigenvalue weighted by atomic mass is 10.1. The molecule has 1 amide bonds. The number of fused-ring (bicyclic) bond motifs is 3. The second-order valence-electron chi connectivity index (χ2n) is 7.85. The van der Waals surface area contributed by atoms with Gasteiger partial charge in [-0.25, -0.2) is 4.98 Å². The van der Waals surface area contributed by atoms with Crippen LogP contribution in [0, 0.1) is 0 Å². The lowest BCUT2D eigenvalue weighted by molar-refractivity contribution is -0.137. The number of nitrogens with zero attached hydrogens (tertiary/aromatic N) is 4. The molecule has 2 N–H and O–H groups in total. The summed E-state index contributed by atoms with van der Waals surface area (Å²) in [5.41, 5.74) is 2.41. The number of aryl methyl sites for hydroxylation is 1. The van der Waals surface area contributed by atoms with E-state index in [0.29, 0.717) is 16.9 Å². The average molecular weight is 452 g/mol. The Morgan fingerprint density at radius 1 is 1.12 bits per heavy atom. The van der Waals surface area contributed by atoms with E-state index in [9.17, 15) is 18.0 Å². The third-order valence-electron chi connectivity index (χ3n) is 5.60. The summed E-state index contributed by atoms with van der Waals surface area (Å²) in [6.45, 7) is 1.85. The Bertz CT molecular complexity index is 1460. The third kappa shape index (κ3) is 3.63. The van der Waals surface area contributed by atoms with Crippen molar-refractivity contribution < 1.29 is 18.0 Å². The van der Waals surface area contributed by atoms with E-state index in [4.69, 9.17) is 0 Å². The molecule has 0 bridgehead atoms. The number of aromatic nitrogens is 5. The number of H-pyrrole nitrogens is 1. The van der Waals surface area contributed by atoms with E-state index < -0.39 is 11.7 Å². The predicted molar refractivity (Wildman–Crippen MR) is 117 cm³/mol. The molecule has 7 nitrogen and oxygen atoms in total. The molecule has 33 heavy (non-hydrogen) atoms. The number of hydrogen-bond donors (Lipinski definition) is 2.